The highest BCUT2D eigenvalue weighted by atomic mass is 32.2. The first-order valence-electron chi connectivity index (χ1n) is 10.2. The van der Waals surface area contributed by atoms with Gasteiger partial charge in [0.05, 0.1) is 4.92 Å². The molecule has 0 saturated carbocycles. The summed E-state index contributed by atoms with van der Waals surface area (Å²) >= 11 is 1.33. The van der Waals surface area contributed by atoms with Crippen molar-refractivity contribution in [3.63, 3.8) is 0 Å². The van der Waals surface area contributed by atoms with Crippen LogP contribution in [-0.4, -0.2) is 20.6 Å². The number of carbonyl (C=O) groups is 1. The minimum atomic E-state index is -0.861. The van der Waals surface area contributed by atoms with E-state index in [1.165, 1.54) is 40.8 Å². The summed E-state index contributed by atoms with van der Waals surface area (Å²) in [5.74, 6) is -2.35. The van der Waals surface area contributed by atoms with E-state index in [1.807, 2.05) is 31.2 Å². The van der Waals surface area contributed by atoms with Crippen molar-refractivity contribution >= 4 is 29.0 Å². The van der Waals surface area contributed by atoms with E-state index >= 15 is 0 Å². The second kappa shape index (κ2) is 10.3. The molecule has 0 aliphatic heterocycles. The number of aromatic nitrogens is 2. The van der Waals surface area contributed by atoms with Crippen LogP contribution in [0, 0.1) is 28.7 Å². The lowest BCUT2D eigenvalue weighted by molar-refractivity contribution is -0.385. The third-order valence-electron chi connectivity index (χ3n) is 4.74. The normalized spacial score (nSPS) is 10.7. The monoisotopic (exact) mass is 496 g/mol. The van der Waals surface area contributed by atoms with Gasteiger partial charge < -0.3 is 10.1 Å². The molecule has 1 N–H and O–H groups in total. The van der Waals surface area contributed by atoms with E-state index in [0.717, 1.165) is 22.6 Å². The lowest BCUT2D eigenvalue weighted by Crippen LogP contribution is -2.14. The van der Waals surface area contributed by atoms with Crippen LogP contribution in [0.25, 0.3) is 0 Å². The topological polar surface area (TPSA) is 99.3 Å². The molecule has 8 nitrogen and oxygen atoms in total. The fourth-order valence-electron chi connectivity index (χ4n) is 3.04. The number of nitrogens with one attached hydrogen (secondary N) is 1. The Morgan fingerprint density at radius 2 is 1.86 bits per heavy atom. The molecule has 0 aliphatic rings. The molecule has 0 bridgehead atoms. The molecule has 11 heteroatoms. The zero-order valence-corrected chi connectivity index (χ0v) is 19.1. The van der Waals surface area contributed by atoms with Gasteiger partial charge in [-0.25, -0.2) is 13.5 Å². The first-order valence-corrected chi connectivity index (χ1v) is 11.0. The van der Waals surface area contributed by atoms with Crippen molar-refractivity contribution in [2.24, 2.45) is 0 Å². The fourth-order valence-corrected chi connectivity index (χ4v) is 3.95. The number of aryl methyl sites for hydroxylation is 1. The van der Waals surface area contributed by atoms with Crippen molar-refractivity contribution in [2.45, 2.75) is 23.4 Å². The number of carbonyl (C=O) groups excluding carboxylic acids is 1. The average Bonchev–Trinajstić information content (AvgIpc) is 3.29. The van der Waals surface area contributed by atoms with Gasteiger partial charge in [0.1, 0.15) is 5.82 Å². The van der Waals surface area contributed by atoms with Gasteiger partial charge in [-0.1, -0.05) is 29.5 Å². The Hall–Kier alpha value is -4.25. The molecule has 1 heterocycles. The molecule has 4 aromatic rings. The van der Waals surface area contributed by atoms with E-state index in [2.05, 4.69) is 10.4 Å². The van der Waals surface area contributed by atoms with Crippen LogP contribution in [-0.2, 0) is 6.73 Å². The van der Waals surface area contributed by atoms with Crippen LogP contribution >= 0.6 is 11.8 Å². The highest BCUT2D eigenvalue weighted by molar-refractivity contribution is 7.99. The predicted octanol–water partition coefficient (Wildman–Crippen LogP) is 5.82. The van der Waals surface area contributed by atoms with E-state index in [-0.39, 0.29) is 29.5 Å². The van der Waals surface area contributed by atoms with Crippen LogP contribution in [0.15, 0.2) is 82.7 Å². The number of amides is 1. The highest BCUT2D eigenvalue weighted by Crippen LogP contribution is 2.33. The zero-order chi connectivity index (χ0) is 24.9. The zero-order valence-electron chi connectivity index (χ0n) is 18.3. The Morgan fingerprint density at radius 1 is 1.09 bits per heavy atom. The van der Waals surface area contributed by atoms with Crippen molar-refractivity contribution in [3.05, 3.63) is 106 Å². The number of nitrogens with zero attached hydrogens (tertiary/aromatic N) is 3. The highest BCUT2D eigenvalue weighted by Gasteiger charge is 2.15. The summed E-state index contributed by atoms with van der Waals surface area (Å²) in [5.41, 5.74) is 1.18. The largest absolute Gasteiger partial charge is 0.468 e. The van der Waals surface area contributed by atoms with E-state index in [4.69, 9.17) is 4.74 Å². The molecular formula is C24H18F2N4O4S. The van der Waals surface area contributed by atoms with E-state index in [1.54, 1.807) is 6.07 Å². The maximum Gasteiger partial charge on any atom is 0.276 e. The number of non-ortho nitro benzene ring substituents is 1. The molecule has 3 aromatic carbocycles. The number of benzene rings is 3. The molecule has 0 atom stereocenters. The van der Waals surface area contributed by atoms with E-state index in [9.17, 15) is 23.7 Å². The molecule has 1 amide bonds. The van der Waals surface area contributed by atoms with Gasteiger partial charge in [-0.05, 0) is 43.3 Å². The molecule has 4 rings (SSSR count). The van der Waals surface area contributed by atoms with Gasteiger partial charge in [0, 0.05) is 39.9 Å². The molecular weight excluding hydrogens is 478 g/mol. The standard InChI is InChI=1S/C24H18F2N4O4S/c1-15-2-5-19(6-3-15)35-20-12-17(11-18(13-20)30(32)33)27-24(31)22-8-9-29(28-22)14-34-23-7-4-16(25)10-21(23)26/h2-13H,14H2,1H3,(H,27,31). The average molecular weight is 496 g/mol. The van der Waals surface area contributed by atoms with Crippen LogP contribution in [0.3, 0.4) is 0 Å². The lowest BCUT2D eigenvalue weighted by atomic mass is 10.2. The third-order valence-corrected chi connectivity index (χ3v) is 5.72. The Kier molecular flexibility index (Phi) is 7.06. The summed E-state index contributed by atoms with van der Waals surface area (Å²) in [5, 5.41) is 18.1. The second-order valence-corrected chi connectivity index (χ2v) is 8.58. The number of hydrogen-bond donors (Lipinski definition) is 1. The van der Waals surface area contributed by atoms with Crippen LogP contribution in [0.5, 0.6) is 5.75 Å². The van der Waals surface area contributed by atoms with E-state index in [0.29, 0.717) is 11.0 Å². The number of nitro groups is 1. The van der Waals surface area contributed by atoms with Crippen molar-refractivity contribution in [3.8, 4) is 5.75 Å². The predicted molar refractivity (Wildman–Crippen MR) is 126 cm³/mol. The van der Waals surface area contributed by atoms with Gasteiger partial charge in [0.2, 0.25) is 0 Å². The van der Waals surface area contributed by atoms with Gasteiger partial charge in [-0.15, -0.1) is 0 Å². The first-order chi connectivity index (χ1) is 16.8. The summed E-state index contributed by atoms with van der Waals surface area (Å²) in [7, 11) is 0. The fraction of sp³-hybridized carbons (Fsp3) is 0.0833. The molecule has 1 aromatic heterocycles. The lowest BCUT2D eigenvalue weighted by Gasteiger charge is -2.08. The smallest absolute Gasteiger partial charge is 0.276 e. The quantitative estimate of drug-likeness (QED) is 0.244. The summed E-state index contributed by atoms with van der Waals surface area (Å²) in [6.45, 7) is 1.74. The molecule has 35 heavy (non-hydrogen) atoms. The molecule has 178 valence electrons. The van der Waals surface area contributed by atoms with Crippen LogP contribution in [0.1, 0.15) is 16.1 Å². The maximum atomic E-state index is 13.7. The Morgan fingerprint density at radius 3 is 2.57 bits per heavy atom. The molecule has 0 radical (unpaired) electrons. The van der Waals surface area contributed by atoms with Crippen LogP contribution in [0.2, 0.25) is 0 Å². The summed E-state index contributed by atoms with van der Waals surface area (Å²) < 4.78 is 33.2. The van der Waals surface area contributed by atoms with Gasteiger partial charge in [0.25, 0.3) is 11.6 Å². The number of halogens is 2. The number of nitro benzene ring substituents is 1. The Bertz CT molecular complexity index is 1390. The Balaban J connectivity index is 1.46. The molecule has 0 saturated heterocycles. The first kappa shape index (κ1) is 23.9. The molecule has 0 unspecified atom stereocenters. The van der Waals surface area contributed by atoms with Crippen molar-refractivity contribution in [1.29, 1.82) is 0 Å². The minimum absolute atomic E-state index is 0.0208. The number of ether oxygens (including phenoxy) is 1. The van der Waals surface area contributed by atoms with Gasteiger partial charge in [-0.2, -0.15) is 5.10 Å². The maximum absolute atomic E-state index is 13.7. The molecule has 0 aliphatic carbocycles. The van der Waals surface area contributed by atoms with Crippen LogP contribution in [0.4, 0.5) is 20.2 Å². The van der Waals surface area contributed by atoms with Crippen molar-refractivity contribution in [1.82, 2.24) is 9.78 Å². The van der Waals surface area contributed by atoms with E-state index < -0.39 is 22.5 Å². The van der Waals surface area contributed by atoms with Crippen LogP contribution < -0.4 is 10.1 Å². The third kappa shape index (κ3) is 6.21. The Labute approximate surface area is 202 Å². The number of anilines is 1. The van der Waals surface area contributed by atoms with Crippen molar-refractivity contribution in [2.75, 3.05) is 5.32 Å². The van der Waals surface area contributed by atoms with Gasteiger partial charge in [-0.3, -0.25) is 14.9 Å². The second-order valence-electron chi connectivity index (χ2n) is 7.43. The number of hydrogen-bond acceptors (Lipinski definition) is 6. The summed E-state index contributed by atoms with van der Waals surface area (Å²) in [6, 6.07) is 16.3. The number of rotatable bonds is 8. The summed E-state index contributed by atoms with van der Waals surface area (Å²) in [4.78, 5) is 25.0. The van der Waals surface area contributed by atoms with Crippen molar-refractivity contribution < 1.29 is 23.2 Å². The van der Waals surface area contributed by atoms with Gasteiger partial charge in [0.15, 0.2) is 24.0 Å². The summed E-state index contributed by atoms with van der Waals surface area (Å²) in [6.07, 6.45) is 1.45. The molecule has 0 spiro atoms. The van der Waals surface area contributed by atoms with Gasteiger partial charge >= 0.3 is 0 Å². The SMILES string of the molecule is Cc1ccc(Sc2cc(NC(=O)c3ccn(COc4ccc(F)cc4F)n3)cc([N+](=O)[O-])c2)cc1. The molecule has 0 fully saturated rings. The minimum Gasteiger partial charge on any atom is -0.468 e.